The van der Waals surface area contributed by atoms with E-state index in [4.69, 9.17) is 9.47 Å². The first-order chi connectivity index (χ1) is 14.1. The van der Waals surface area contributed by atoms with Crippen LogP contribution in [0.25, 0.3) is 33.0 Å². The van der Waals surface area contributed by atoms with Gasteiger partial charge in [-0.1, -0.05) is 12.1 Å². The molecule has 0 spiro atoms. The monoisotopic (exact) mass is 387 g/mol. The van der Waals surface area contributed by atoms with Gasteiger partial charge in [-0.2, -0.15) is 0 Å². The third-order valence-electron chi connectivity index (χ3n) is 5.26. The molecule has 2 amide bonds. The summed E-state index contributed by atoms with van der Waals surface area (Å²) in [6.45, 7) is 0. The fourth-order valence-electron chi connectivity index (χ4n) is 3.91. The van der Waals surface area contributed by atoms with Gasteiger partial charge >= 0.3 is 0 Å². The molecule has 7 heteroatoms. The minimum atomic E-state index is -0.420. The van der Waals surface area contributed by atoms with Crippen molar-refractivity contribution in [2.24, 2.45) is 0 Å². The van der Waals surface area contributed by atoms with Crippen molar-refractivity contribution in [1.29, 1.82) is 0 Å². The van der Waals surface area contributed by atoms with Gasteiger partial charge in [-0.15, -0.1) is 0 Å². The quantitative estimate of drug-likeness (QED) is 0.469. The Bertz CT molecular complexity index is 1340. The van der Waals surface area contributed by atoms with Crippen LogP contribution in [0, 0.1) is 0 Å². The first-order valence-electron chi connectivity index (χ1n) is 9.02. The summed E-state index contributed by atoms with van der Waals surface area (Å²) in [5.41, 5.74) is 3.59. The van der Waals surface area contributed by atoms with Crippen molar-refractivity contribution in [3.63, 3.8) is 0 Å². The Morgan fingerprint density at radius 2 is 1.52 bits per heavy atom. The Kier molecular flexibility index (Phi) is 3.70. The van der Waals surface area contributed by atoms with Crippen LogP contribution in [-0.2, 0) is 9.59 Å². The van der Waals surface area contributed by atoms with Gasteiger partial charge < -0.3 is 19.4 Å². The predicted molar refractivity (Wildman–Crippen MR) is 110 cm³/mol. The number of hydrogen-bond donors (Lipinski definition) is 3. The number of nitrogens with one attached hydrogen (secondary N) is 3. The van der Waals surface area contributed by atoms with Gasteiger partial charge in [0.05, 0.1) is 30.9 Å². The molecular weight excluding hydrogens is 370 g/mol. The standard InChI is InChI=1S/C22H17N3O4/c1-28-11-6-7-12-14(9-23-16(12)8-11)18-19(22(27)25-21(18)26)15-10-24-20-13(15)4-3-5-17(20)29-2/h3-10,23-24H,1-2H3,(H,25,26,27). The SMILES string of the molecule is COc1ccc2c(C3=C(c4c[nH]c5c(OC)cccc45)C(=O)NC3=O)c[nH]c2c1. The van der Waals surface area contributed by atoms with Crippen LogP contribution in [0.4, 0.5) is 0 Å². The van der Waals surface area contributed by atoms with Gasteiger partial charge in [-0.3, -0.25) is 14.9 Å². The highest BCUT2D eigenvalue weighted by atomic mass is 16.5. The first kappa shape index (κ1) is 17.1. The average molecular weight is 387 g/mol. The van der Waals surface area contributed by atoms with Crippen molar-refractivity contribution in [3.8, 4) is 11.5 Å². The van der Waals surface area contributed by atoms with E-state index >= 15 is 0 Å². The summed E-state index contributed by atoms with van der Waals surface area (Å²) in [5.74, 6) is 0.533. The van der Waals surface area contributed by atoms with E-state index in [0.29, 0.717) is 33.8 Å². The molecule has 0 unspecified atom stereocenters. The second-order valence-corrected chi connectivity index (χ2v) is 6.73. The van der Waals surface area contributed by atoms with Crippen molar-refractivity contribution in [1.82, 2.24) is 15.3 Å². The second kappa shape index (κ2) is 6.27. The lowest BCUT2D eigenvalue weighted by Gasteiger charge is -2.05. The van der Waals surface area contributed by atoms with Gasteiger partial charge in [-0.05, 0) is 18.2 Å². The number of fused-ring (bicyclic) bond motifs is 2. The van der Waals surface area contributed by atoms with Gasteiger partial charge in [0.2, 0.25) is 0 Å². The second-order valence-electron chi connectivity index (χ2n) is 6.73. The smallest absolute Gasteiger partial charge is 0.259 e. The van der Waals surface area contributed by atoms with Crippen molar-refractivity contribution >= 4 is 44.8 Å². The van der Waals surface area contributed by atoms with E-state index in [1.807, 2.05) is 36.4 Å². The van der Waals surface area contributed by atoms with Gasteiger partial charge in [0.25, 0.3) is 11.8 Å². The molecule has 5 rings (SSSR count). The number of H-pyrrole nitrogens is 2. The molecule has 0 bridgehead atoms. The Morgan fingerprint density at radius 3 is 2.24 bits per heavy atom. The molecule has 3 N–H and O–H groups in total. The highest BCUT2D eigenvalue weighted by Gasteiger charge is 2.34. The van der Waals surface area contributed by atoms with Crippen LogP contribution in [0.2, 0.25) is 0 Å². The third-order valence-corrected chi connectivity index (χ3v) is 5.26. The topological polar surface area (TPSA) is 96.2 Å². The van der Waals surface area contributed by atoms with Crippen LogP contribution >= 0.6 is 0 Å². The molecule has 0 saturated carbocycles. The zero-order valence-corrected chi connectivity index (χ0v) is 15.8. The first-order valence-corrected chi connectivity index (χ1v) is 9.02. The lowest BCUT2D eigenvalue weighted by Crippen LogP contribution is -2.22. The van der Waals surface area contributed by atoms with Gasteiger partial charge in [-0.25, -0.2) is 0 Å². The number of rotatable bonds is 4. The Labute approximate surface area is 165 Å². The summed E-state index contributed by atoms with van der Waals surface area (Å²) in [4.78, 5) is 31.8. The Morgan fingerprint density at radius 1 is 0.793 bits per heavy atom. The number of benzene rings is 2. The number of ether oxygens (including phenoxy) is 2. The van der Waals surface area contributed by atoms with Crippen molar-refractivity contribution in [3.05, 3.63) is 59.9 Å². The molecular formula is C22H17N3O4. The average Bonchev–Trinajstić information content (AvgIpc) is 3.41. The molecule has 3 heterocycles. The van der Waals surface area contributed by atoms with Gasteiger partial charge in [0, 0.05) is 45.9 Å². The van der Waals surface area contributed by atoms with E-state index in [1.165, 1.54) is 0 Å². The number of para-hydroxylation sites is 1. The zero-order valence-electron chi connectivity index (χ0n) is 15.8. The number of hydrogen-bond acceptors (Lipinski definition) is 4. The zero-order chi connectivity index (χ0) is 20.1. The van der Waals surface area contributed by atoms with Crippen molar-refractivity contribution in [2.45, 2.75) is 0 Å². The minimum Gasteiger partial charge on any atom is -0.497 e. The molecule has 144 valence electrons. The number of aromatic amines is 2. The Hall–Kier alpha value is -4.00. The molecule has 0 fully saturated rings. The largest absolute Gasteiger partial charge is 0.497 e. The Balaban J connectivity index is 1.78. The van der Waals surface area contributed by atoms with E-state index in [1.54, 1.807) is 26.6 Å². The van der Waals surface area contributed by atoms with Crippen molar-refractivity contribution in [2.75, 3.05) is 14.2 Å². The van der Waals surface area contributed by atoms with Crippen LogP contribution in [0.1, 0.15) is 11.1 Å². The molecule has 1 aliphatic heterocycles. The van der Waals surface area contributed by atoms with Crippen molar-refractivity contribution < 1.29 is 19.1 Å². The number of methoxy groups -OCH3 is 2. The summed E-state index contributed by atoms with van der Waals surface area (Å²) in [6.07, 6.45) is 3.48. The highest BCUT2D eigenvalue weighted by Crippen LogP contribution is 2.39. The maximum atomic E-state index is 12.8. The molecule has 0 saturated heterocycles. The summed E-state index contributed by atoms with van der Waals surface area (Å²) >= 11 is 0. The maximum absolute atomic E-state index is 12.8. The number of aromatic nitrogens is 2. The lowest BCUT2D eigenvalue weighted by molar-refractivity contribution is -0.122. The molecule has 4 aromatic rings. The highest BCUT2D eigenvalue weighted by molar-refractivity contribution is 6.50. The van der Waals surface area contributed by atoms with Crippen LogP contribution < -0.4 is 14.8 Å². The molecule has 1 aliphatic rings. The number of carbonyl (C=O) groups is 2. The normalized spacial score (nSPS) is 14.1. The summed E-state index contributed by atoms with van der Waals surface area (Å²) in [6, 6.07) is 11.1. The lowest BCUT2D eigenvalue weighted by atomic mass is 9.95. The molecule has 7 nitrogen and oxygen atoms in total. The molecule has 2 aromatic carbocycles. The summed E-state index contributed by atoms with van der Waals surface area (Å²) < 4.78 is 10.7. The van der Waals surface area contributed by atoms with Crippen LogP contribution in [-0.4, -0.2) is 36.0 Å². The summed E-state index contributed by atoms with van der Waals surface area (Å²) in [7, 11) is 3.19. The van der Waals surface area contributed by atoms with E-state index < -0.39 is 11.8 Å². The fourth-order valence-corrected chi connectivity index (χ4v) is 3.91. The minimum absolute atomic E-state index is 0.339. The number of imide groups is 1. The van der Waals surface area contributed by atoms with E-state index in [-0.39, 0.29) is 0 Å². The van der Waals surface area contributed by atoms with Gasteiger partial charge in [0.1, 0.15) is 11.5 Å². The molecule has 0 radical (unpaired) electrons. The molecule has 0 atom stereocenters. The predicted octanol–water partition coefficient (Wildman–Crippen LogP) is 3.23. The molecule has 29 heavy (non-hydrogen) atoms. The fraction of sp³-hybridized carbons (Fsp3) is 0.0909. The van der Waals surface area contributed by atoms with E-state index in [2.05, 4.69) is 15.3 Å². The number of carbonyl (C=O) groups excluding carboxylic acids is 2. The third kappa shape index (κ3) is 2.44. The van der Waals surface area contributed by atoms with Crippen LogP contribution in [0.15, 0.2) is 48.8 Å². The van der Waals surface area contributed by atoms with Gasteiger partial charge in [0.15, 0.2) is 0 Å². The molecule has 0 aliphatic carbocycles. The van der Waals surface area contributed by atoms with E-state index in [9.17, 15) is 9.59 Å². The summed E-state index contributed by atoms with van der Waals surface area (Å²) in [5, 5.41) is 4.08. The van der Waals surface area contributed by atoms with Crippen LogP contribution in [0.3, 0.4) is 0 Å². The van der Waals surface area contributed by atoms with E-state index in [0.717, 1.165) is 21.8 Å². The number of amides is 2. The maximum Gasteiger partial charge on any atom is 0.259 e. The van der Waals surface area contributed by atoms with Crippen LogP contribution in [0.5, 0.6) is 11.5 Å². The molecule has 2 aromatic heterocycles.